The van der Waals surface area contributed by atoms with Gasteiger partial charge in [0.1, 0.15) is 5.82 Å². The molecular formula is C12H17N5O2S. The molecule has 0 fully saturated rings. The number of nitrogens with two attached hydrogens (primary N) is 1. The Morgan fingerprint density at radius 2 is 2.00 bits per heavy atom. The van der Waals surface area contributed by atoms with Crippen LogP contribution in [0.2, 0.25) is 0 Å². The van der Waals surface area contributed by atoms with Gasteiger partial charge in [0.05, 0.1) is 11.4 Å². The van der Waals surface area contributed by atoms with Gasteiger partial charge in [0.15, 0.2) is 5.82 Å². The van der Waals surface area contributed by atoms with Crippen LogP contribution in [-0.2, 0) is 16.6 Å². The largest absolute Gasteiger partial charge is 0.399 e. The number of hydrogen-bond acceptors (Lipinski definition) is 5. The molecule has 0 radical (unpaired) electrons. The van der Waals surface area contributed by atoms with E-state index in [1.165, 1.54) is 17.4 Å². The number of anilines is 1. The molecule has 0 bridgehead atoms. The second-order valence-electron chi connectivity index (χ2n) is 4.68. The summed E-state index contributed by atoms with van der Waals surface area (Å²) in [7, 11) is -2.13. The minimum absolute atomic E-state index is 0.0977. The molecule has 1 aromatic heterocycles. The van der Waals surface area contributed by atoms with Crippen molar-refractivity contribution in [3.8, 4) is 0 Å². The quantitative estimate of drug-likeness (QED) is 0.813. The van der Waals surface area contributed by atoms with Crippen LogP contribution in [-0.4, -0.2) is 35.0 Å². The van der Waals surface area contributed by atoms with Crippen molar-refractivity contribution in [2.75, 3.05) is 12.8 Å². The van der Waals surface area contributed by atoms with Gasteiger partial charge < -0.3 is 5.73 Å². The maximum absolute atomic E-state index is 12.5. The Hall–Kier alpha value is -1.93. The van der Waals surface area contributed by atoms with Crippen LogP contribution in [0.5, 0.6) is 0 Å². The predicted molar refractivity (Wildman–Crippen MR) is 75.4 cm³/mol. The minimum atomic E-state index is -3.61. The molecule has 1 heterocycles. The maximum Gasteiger partial charge on any atom is 0.243 e. The summed E-state index contributed by atoms with van der Waals surface area (Å²) in [6.45, 7) is 3.65. The van der Waals surface area contributed by atoms with Gasteiger partial charge in [-0.1, -0.05) is 0 Å². The first-order valence-electron chi connectivity index (χ1n) is 6.00. The molecule has 3 N–H and O–H groups in total. The number of aromatic nitrogens is 3. The molecule has 0 saturated heterocycles. The van der Waals surface area contributed by atoms with Gasteiger partial charge in [-0.2, -0.15) is 9.40 Å². The van der Waals surface area contributed by atoms with Gasteiger partial charge in [-0.05, 0) is 37.6 Å². The summed E-state index contributed by atoms with van der Waals surface area (Å²) in [6.07, 6.45) is 0. The molecule has 0 unspecified atom stereocenters. The standard InChI is InChI=1S/C12H17N5O2S/c1-8-4-10(13)6-11(5-8)20(18,19)17(3)7-12-14-9(2)15-16-12/h4-6H,7,13H2,1-3H3,(H,14,15,16). The first-order valence-corrected chi connectivity index (χ1v) is 7.44. The number of benzene rings is 1. The number of rotatable bonds is 4. The Balaban J connectivity index is 2.29. The molecular weight excluding hydrogens is 278 g/mol. The molecule has 20 heavy (non-hydrogen) atoms. The highest BCUT2D eigenvalue weighted by atomic mass is 32.2. The van der Waals surface area contributed by atoms with Crippen molar-refractivity contribution < 1.29 is 8.42 Å². The monoisotopic (exact) mass is 295 g/mol. The van der Waals surface area contributed by atoms with Crippen molar-refractivity contribution >= 4 is 15.7 Å². The van der Waals surface area contributed by atoms with Crippen LogP contribution >= 0.6 is 0 Å². The van der Waals surface area contributed by atoms with E-state index in [1.807, 2.05) is 0 Å². The number of nitrogens with zero attached hydrogens (tertiary/aromatic N) is 3. The summed E-state index contributed by atoms with van der Waals surface area (Å²) in [5.41, 5.74) is 6.92. The van der Waals surface area contributed by atoms with Gasteiger partial charge >= 0.3 is 0 Å². The fourth-order valence-corrected chi connectivity index (χ4v) is 3.11. The van der Waals surface area contributed by atoms with Crippen LogP contribution in [0.15, 0.2) is 23.1 Å². The molecule has 0 saturated carbocycles. The van der Waals surface area contributed by atoms with E-state index in [1.54, 1.807) is 26.0 Å². The van der Waals surface area contributed by atoms with Gasteiger partial charge in [-0.25, -0.2) is 13.4 Å². The first-order chi connectivity index (χ1) is 9.29. The van der Waals surface area contributed by atoms with E-state index in [0.29, 0.717) is 17.3 Å². The third-order valence-corrected chi connectivity index (χ3v) is 4.57. The van der Waals surface area contributed by atoms with Gasteiger partial charge in [0.2, 0.25) is 10.0 Å². The Morgan fingerprint density at radius 3 is 2.55 bits per heavy atom. The van der Waals surface area contributed by atoms with Gasteiger partial charge in [0, 0.05) is 12.7 Å². The molecule has 0 aliphatic rings. The molecule has 2 aromatic rings. The van der Waals surface area contributed by atoms with E-state index in [9.17, 15) is 8.42 Å². The van der Waals surface area contributed by atoms with E-state index >= 15 is 0 Å². The second kappa shape index (κ2) is 5.22. The maximum atomic E-state index is 12.5. The van der Waals surface area contributed by atoms with Crippen LogP contribution in [0.25, 0.3) is 0 Å². The van der Waals surface area contributed by atoms with Crippen molar-refractivity contribution in [1.29, 1.82) is 0 Å². The van der Waals surface area contributed by atoms with Crippen LogP contribution < -0.4 is 5.73 Å². The number of nitrogen functional groups attached to an aromatic ring is 1. The Morgan fingerprint density at radius 1 is 1.30 bits per heavy atom. The van der Waals surface area contributed by atoms with Gasteiger partial charge in [0.25, 0.3) is 0 Å². The van der Waals surface area contributed by atoms with Crippen molar-refractivity contribution in [3.63, 3.8) is 0 Å². The summed E-state index contributed by atoms with van der Waals surface area (Å²) in [4.78, 5) is 4.27. The lowest BCUT2D eigenvalue weighted by Gasteiger charge is -2.16. The summed E-state index contributed by atoms with van der Waals surface area (Å²) in [5, 5.41) is 6.61. The Kier molecular flexibility index (Phi) is 3.78. The zero-order chi connectivity index (χ0) is 14.9. The molecule has 0 amide bonds. The van der Waals surface area contributed by atoms with Crippen molar-refractivity contribution in [3.05, 3.63) is 35.4 Å². The van der Waals surface area contributed by atoms with Crippen LogP contribution in [0.1, 0.15) is 17.2 Å². The minimum Gasteiger partial charge on any atom is -0.399 e. The zero-order valence-corrected chi connectivity index (χ0v) is 12.4. The molecule has 0 aliphatic carbocycles. The highest BCUT2D eigenvalue weighted by Gasteiger charge is 2.22. The zero-order valence-electron chi connectivity index (χ0n) is 11.6. The summed E-state index contributed by atoms with van der Waals surface area (Å²) in [5.74, 6) is 1.07. The summed E-state index contributed by atoms with van der Waals surface area (Å²) < 4.78 is 26.1. The summed E-state index contributed by atoms with van der Waals surface area (Å²) >= 11 is 0. The Bertz CT molecular complexity index is 703. The number of nitrogens with one attached hydrogen (secondary N) is 1. The fraction of sp³-hybridized carbons (Fsp3) is 0.333. The summed E-state index contributed by atoms with van der Waals surface area (Å²) in [6, 6.07) is 4.76. The van der Waals surface area contributed by atoms with Crippen molar-refractivity contribution in [2.24, 2.45) is 0 Å². The predicted octanol–water partition coefficient (Wildman–Crippen LogP) is 0.824. The Labute approximate surface area is 117 Å². The van der Waals surface area contributed by atoms with Gasteiger partial charge in [-0.15, -0.1) is 0 Å². The lowest BCUT2D eigenvalue weighted by atomic mass is 10.2. The lowest BCUT2D eigenvalue weighted by molar-refractivity contribution is 0.457. The van der Waals surface area contributed by atoms with Crippen LogP contribution in [0.3, 0.4) is 0 Å². The number of H-pyrrole nitrogens is 1. The molecule has 0 spiro atoms. The van der Waals surface area contributed by atoms with Crippen LogP contribution in [0.4, 0.5) is 5.69 Å². The first kappa shape index (κ1) is 14.5. The smallest absolute Gasteiger partial charge is 0.243 e. The highest BCUT2D eigenvalue weighted by molar-refractivity contribution is 7.89. The third-order valence-electron chi connectivity index (χ3n) is 2.79. The molecule has 7 nitrogen and oxygen atoms in total. The van der Waals surface area contributed by atoms with Crippen LogP contribution in [0, 0.1) is 13.8 Å². The number of hydrogen-bond donors (Lipinski definition) is 2. The van der Waals surface area contributed by atoms with Crippen molar-refractivity contribution in [1.82, 2.24) is 19.5 Å². The third kappa shape index (κ3) is 2.97. The number of aromatic amines is 1. The van der Waals surface area contributed by atoms with E-state index in [2.05, 4.69) is 15.2 Å². The van der Waals surface area contributed by atoms with E-state index in [-0.39, 0.29) is 11.4 Å². The highest BCUT2D eigenvalue weighted by Crippen LogP contribution is 2.20. The normalized spacial score (nSPS) is 12.0. The SMILES string of the molecule is Cc1cc(N)cc(S(=O)(=O)N(C)Cc2n[nH]c(C)n2)c1. The van der Waals surface area contributed by atoms with Gasteiger partial charge in [-0.3, -0.25) is 5.10 Å². The average Bonchev–Trinajstić information content (AvgIpc) is 2.73. The fourth-order valence-electron chi connectivity index (χ4n) is 1.85. The average molecular weight is 295 g/mol. The molecule has 1 aromatic carbocycles. The molecule has 108 valence electrons. The number of sulfonamides is 1. The topological polar surface area (TPSA) is 105 Å². The van der Waals surface area contributed by atoms with E-state index < -0.39 is 10.0 Å². The van der Waals surface area contributed by atoms with E-state index in [4.69, 9.17) is 5.73 Å². The molecule has 0 aliphatic heterocycles. The number of aryl methyl sites for hydroxylation is 2. The second-order valence-corrected chi connectivity index (χ2v) is 6.72. The molecule has 2 rings (SSSR count). The molecule has 8 heteroatoms. The van der Waals surface area contributed by atoms with E-state index in [0.717, 1.165) is 5.56 Å². The van der Waals surface area contributed by atoms with Crippen molar-refractivity contribution in [2.45, 2.75) is 25.3 Å². The lowest BCUT2D eigenvalue weighted by Crippen LogP contribution is -2.27. The molecule has 0 atom stereocenters.